The van der Waals surface area contributed by atoms with E-state index in [1.165, 1.54) is 0 Å². The number of hydrogen-bond acceptors (Lipinski definition) is 3. The Kier molecular flexibility index (Phi) is 3.89. The molecule has 1 fully saturated rings. The van der Waals surface area contributed by atoms with Crippen LogP contribution in [0.15, 0.2) is 0 Å². The lowest BCUT2D eigenvalue weighted by atomic mass is 9.98. The SMILES string of the molecule is CC1CC(N(C)CC(=O)O)CCN1C. The molecule has 0 aliphatic carbocycles. The zero-order valence-electron chi connectivity index (χ0n) is 9.23. The number of piperidine rings is 1. The van der Waals surface area contributed by atoms with Gasteiger partial charge in [0.25, 0.3) is 0 Å². The number of carbonyl (C=O) groups is 1. The van der Waals surface area contributed by atoms with E-state index in [1.807, 2.05) is 11.9 Å². The summed E-state index contributed by atoms with van der Waals surface area (Å²) in [6.07, 6.45) is 2.14. The first-order valence-electron chi connectivity index (χ1n) is 5.13. The van der Waals surface area contributed by atoms with E-state index in [4.69, 9.17) is 5.11 Å². The highest BCUT2D eigenvalue weighted by molar-refractivity contribution is 5.69. The van der Waals surface area contributed by atoms with Crippen LogP contribution in [0.2, 0.25) is 0 Å². The Balaban J connectivity index is 2.41. The molecule has 0 saturated carbocycles. The number of likely N-dealkylation sites (N-methyl/N-ethyl adjacent to an activating group) is 1. The highest BCUT2D eigenvalue weighted by atomic mass is 16.4. The second-order valence-electron chi connectivity index (χ2n) is 4.32. The summed E-state index contributed by atoms with van der Waals surface area (Å²) in [4.78, 5) is 14.8. The van der Waals surface area contributed by atoms with Gasteiger partial charge < -0.3 is 10.0 Å². The average Bonchev–Trinajstić information content (AvgIpc) is 2.08. The van der Waals surface area contributed by atoms with E-state index in [0.29, 0.717) is 12.1 Å². The van der Waals surface area contributed by atoms with E-state index in [2.05, 4.69) is 18.9 Å². The fraction of sp³-hybridized carbons (Fsp3) is 0.900. The topological polar surface area (TPSA) is 43.8 Å². The fourth-order valence-corrected chi connectivity index (χ4v) is 2.01. The van der Waals surface area contributed by atoms with E-state index in [0.717, 1.165) is 19.4 Å². The second kappa shape index (κ2) is 4.75. The molecule has 1 aliphatic rings. The maximum Gasteiger partial charge on any atom is 0.317 e. The molecule has 0 radical (unpaired) electrons. The molecule has 4 nitrogen and oxygen atoms in total. The Labute approximate surface area is 85.5 Å². The molecule has 2 unspecified atom stereocenters. The summed E-state index contributed by atoms with van der Waals surface area (Å²) >= 11 is 0. The summed E-state index contributed by atoms with van der Waals surface area (Å²) in [6, 6.07) is 0.988. The van der Waals surface area contributed by atoms with Crippen LogP contribution in [-0.2, 0) is 4.79 Å². The molecule has 14 heavy (non-hydrogen) atoms. The van der Waals surface area contributed by atoms with E-state index in [-0.39, 0.29) is 6.54 Å². The average molecular weight is 200 g/mol. The van der Waals surface area contributed by atoms with Crippen LogP contribution in [0.1, 0.15) is 19.8 Å². The predicted octanol–water partition coefficient (Wildman–Crippen LogP) is 0.486. The highest BCUT2D eigenvalue weighted by Crippen LogP contribution is 2.19. The van der Waals surface area contributed by atoms with Crippen LogP contribution < -0.4 is 0 Å². The lowest BCUT2D eigenvalue weighted by molar-refractivity contribution is -0.138. The first-order valence-corrected chi connectivity index (χ1v) is 5.13. The van der Waals surface area contributed by atoms with Gasteiger partial charge in [0.2, 0.25) is 0 Å². The molecule has 2 atom stereocenters. The van der Waals surface area contributed by atoms with Gasteiger partial charge in [-0.15, -0.1) is 0 Å². The van der Waals surface area contributed by atoms with Gasteiger partial charge in [-0.3, -0.25) is 9.69 Å². The summed E-state index contributed by atoms with van der Waals surface area (Å²) in [5.41, 5.74) is 0. The van der Waals surface area contributed by atoms with Crippen molar-refractivity contribution in [2.24, 2.45) is 0 Å². The van der Waals surface area contributed by atoms with Crippen LogP contribution in [0.3, 0.4) is 0 Å². The Hall–Kier alpha value is -0.610. The third-order valence-electron chi connectivity index (χ3n) is 3.19. The van der Waals surface area contributed by atoms with Gasteiger partial charge in [0.15, 0.2) is 0 Å². The molecule has 1 heterocycles. The first-order chi connectivity index (χ1) is 6.50. The lowest BCUT2D eigenvalue weighted by Gasteiger charge is -2.38. The predicted molar refractivity (Wildman–Crippen MR) is 55.4 cm³/mol. The molecule has 1 aliphatic heterocycles. The molecular formula is C10H20N2O2. The van der Waals surface area contributed by atoms with Crippen molar-refractivity contribution in [1.82, 2.24) is 9.80 Å². The van der Waals surface area contributed by atoms with Crippen LogP contribution in [-0.4, -0.2) is 60.1 Å². The third-order valence-corrected chi connectivity index (χ3v) is 3.19. The molecule has 0 spiro atoms. The van der Waals surface area contributed by atoms with Crippen molar-refractivity contribution in [3.63, 3.8) is 0 Å². The number of rotatable bonds is 3. The van der Waals surface area contributed by atoms with E-state index < -0.39 is 5.97 Å². The zero-order valence-corrected chi connectivity index (χ0v) is 9.23. The van der Waals surface area contributed by atoms with Gasteiger partial charge >= 0.3 is 5.97 Å². The highest BCUT2D eigenvalue weighted by Gasteiger charge is 2.26. The Morgan fingerprint density at radius 3 is 2.79 bits per heavy atom. The minimum absolute atomic E-state index is 0.154. The van der Waals surface area contributed by atoms with Gasteiger partial charge in [-0.25, -0.2) is 0 Å². The molecule has 1 rings (SSSR count). The lowest BCUT2D eigenvalue weighted by Crippen LogP contribution is -2.47. The van der Waals surface area contributed by atoms with Crippen molar-refractivity contribution >= 4 is 5.97 Å². The molecule has 0 aromatic rings. The molecule has 1 N–H and O–H groups in total. The summed E-state index contributed by atoms with van der Waals surface area (Å²) < 4.78 is 0. The molecular weight excluding hydrogens is 180 g/mol. The van der Waals surface area contributed by atoms with E-state index >= 15 is 0 Å². The number of aliphatic carboxylic acids is 1. The second-order valence-corrected chi connectivity index (χ2v) is 4.32. The molecule has 0 amide bonds. The van der Waals surface area contributed by atoms with Crippen LogP contribution in [0.4, 0.5) is 0 Å². The largest absolute Gasteiger partial charge is 0.480 e. The molecule has 1 saturated heterocycles. The van der Waals surface area contributed by atoms with Gasteiger partial charge in [-0.1, -0.05) is 0 Å². The third kappa shape index (κ3) is 2.96. The van der Waals surface area contributed by atoms with Crippen molar-refractivity contribution in [3.05, 3.63) is 0 Å². The van der Waals surface area contributed by atoms with E-state index in [9.17, 15) is 4.79 Å². The minimum atomic E-state index is -0.737. The first kappa shape index (κ1) is 11.5. The normalized spacial score (nSPS) is 29.4. The van der Waals surface area contributed by atoms with Crippen molar-refractivity contribution in [2.45, 2.75) is 31.8 Å². The van der Waals surface area contributed by atoms with Gasteiger partial charge in [-0.05, 0) is 40.4 Å². The maximum atomic E-state index is 10.5. The molecule has 82 valence electrons. The standard InChI is InChI=1S/C10H20N2O2/c1-8-6-9(4-5-11(8)2)12(3)7-10(13)14/h8-9H,4-7H2,1-3H3,(H,13,14). The zero-order chi connectivity index (χ0) is 10.7. The Morgan fingerprint density at radius 1 is 1.64 bits per heavy atom. The van der Waals surface area contributed by atoms with Gasteiger partial charge in [0.05, 0.1) is 6.54 Å². The maximum absolute atomic E-state index is 10.5. The van der Waals surface area contributed by atoms with Crippen molar-refractivity contribution in [2.75, 3.05) is 27.2 Å². The van der Waals surface area contributed by atoms with Crippen molar-refractivity contribution < 1.29 is 9.90 Å². The van der Waals surface area contributed by atoms with Gasteiger partial charge in [-0.2, -0.15) is 0 Å². The molecule has 4 heteroatoms. The number of carboxylic acid groups (broad SMARTS) is 1. The van der Waals surface area contributed by atoms with Crippen LogP contribution >= 0.6 is 0 Å². The quantitative estimate of drug-likeness (QED) is 0.720. The van der Waals surface area contributed by atoms with Crippen LogP contribution in [0.25, 0.3) is 0 Å². The summed E-state index contributed by atoms with van der Waals surface area (Å²) in [5, 5.41) is 8.68. The summed E-state index contributed by atoms with van der Waals surface area (Å²) in [6.45, 7) is 3.41. The number of nitrogens with zero attached hydrogens (tertiary/aromatic N) is 2. The van der Waals surface area contributed by atoms with Crippen LogP contribution in [0, 0.1) is 0 Å². The fourth-order valence-electron chi connectivity index (χ4n) is 2.01. The van der Waals surface area contributed by atoms with Gasteiger partial charge in [0.1, 0.15) is 0 Å². The monoisotopic (exact) mass is 200 g/mol. The molecule has 0 aromatic carbocycles. The Morgan fingerprint density at radius 2 is 2.29 bits per heavy atom. The summed E-state index contributed by atoms with van der Waals surface area (Å²) in [5.74, 6) is -0.737. The molecule has 0 bridgehead atoms. The van der Waals surface area contributed by atoms with E-state index in [1.54, 1.807) is 0 Å². The minimum Gasteiger partial charge on any atom is -0.480 e. The van der Waals surface area contributed by atoms with Crippen molar-refractivity contribution in [3.8, 4) is 0 Å². The number of hydrogen-bond donors (Lipinski definition) is 1. The molecule has 0 aromatic heterocycles. The summed E-state index contributed by atoms with van der Waals surface area (Å²) in [7, 11) is 4.02. The van der Waals surface area contributed by atoms with Gasteiger partial charge in [0, 0.05) is 12.1 Å². The number of carboxylic acids is 1. The smallest absolute Gasteiger partial charge is 0.317 e. The van der Waals surface area contributed by atoms with Crippen LogP contribution in [0.5, 0.6) is 0 Å². The number of likely N-dealkylation sites (tertiary alicyclic amines) is 1. The van der Waals surface area contributed by atoms with Crippen molar-refractivity contribution in [1.29, 1.82) is 0 Å². The Bertz CT molecular complexity index is 208.